The van der Waals surface area contributed by atoms with Gasteiger partial charge in [-0.05, 0) is 81.9 Å². The molecule has 3 aromatic rings. The number of nitriles is 1. The van der Waals surface area contributed by atoms with Crippen molar-refractivity contribution < 1.29 is 9.53 Å². The molecule has 0 spiro atoms. The molecule has 2 N–H and O–H groups in total. The van der Waals surface area contributed by atoms with Gasteiger partial charge in [-0.15, -0.1) is 11.3 Å². The number of aryl methyl sites for hydroxylation is 1. The van der Waals surface area contributed by atoms with Crippen LogP contribution in [0.4, 0.5) is 10.8 Å². The molecular weight excluding hydrogens is 581 g/mol. The van der Waals surface area contributed by atoms with Crippen molar-refractivity contribution in [3.63, 3.8) is 0 Å². The van der Waals surface area contributed by atoms with Gasteiger partial charge in [-0.2, -0.15) is 19.6 Å². The highest BCUT2D eigenvalue weighted by atomic mass is 32.1. The molecule has 3 aliphatic rings. The number of fused-ring (bicyclic) bond motifs is 1. The van der Waals surface area contributed by atoms with E-state index in [0.717, 1.165) is 60.6 Å². The number of nitrogens with zero attached hydrogens (tertiary/aromatic N) is 7. The molecule has 43 heavy (non-hydrogen) atoms. The number of rotatable bonds is 7. The second-order valence-corrected chi connectivity index (χ2v) is 13.9. The van der Waals surface area contributed by atoms with E-state index < -0.39 is 0 Å². The first-order valence-corrected chi connectivity index (χ1v) is 16.5. The van der Waals surface area contributed by atoms with Crippen LogP contribution in [0.25, 0.3) is 11.4 Å². The number of carbonyl (C=O) groups excluding carboxylic acids is 1. The number of ether oxygens (including phenoxy) is 1. The van der Waals surface area contributed by atoms with Crippen LogP contribution in [0, 0.1) is 11.3 Å². The van der Waals surface area contributed by atoms with Crippen molar-refractivity contribution >= 4 is 39.6 Å². The summed E-state index contributed by atoms with van der Waals surface area (Å²) >= 11 is 3.00. The van der Waals surface area contributed by atoms with Crippen LogP contribution in [0.2, 0.25) is 0 Å². The number of nitrogens with two attached hydrogens (primary N) is 1. The van der Waals surface area contributed by atoms with Gasteiger partial charge in [-0.25, -0.2) is 0 Å². The van der Waals surface area contributed by atoms with Crippen LogP contribution < -0.4 is 15.4 Å². The Morgan fingerprint density at radius 1 is 1.23 bits per heavy atom. The number of thiophene rings is 1. The zero-order valence-corrected chi connectivity index (χ0v) is 26.6. The van der Waals surface area contributed by atoms with E-state index >= 15 is 0 Å². The van der Waals surface area contributed by atoms with Gasteiger partial charge in [0.05, 0.1) is 11.3 Å². The molecule has 0 bridgehead atoms. The third-order valence-corrected chi connectivity index (χ3v) is 11.4. The molecule has 0 aromatic carbocycles. The number of anilines is 2. The standard InChI is InChI=1S/C31H38N8O2S2/c1-5-27(40)39-14-12-38(13-15-39)26-17-21(34-30(35-26)41-19(2)23-8-7-11-37(23)4)22-16-25(43-36-22)31(3)10-6-9-24-28(31)20(18-32)29(33)42-24/h5,16-17,19,23H,1,6-15,33H2,2-4H3/t19-,23-,31+/m0/s1. The van der Waals surface area contributed by atoms with Gasteiger partial charge >= 0.3 is 6.01 Å². The molecule has 2 fully saturated rings. The van der Waals surface area contributed by atoms with E-state index in [0.29, 0.717) is 54.5 Å². The average molecular weight is 619 g/mol. The number of amides is 1. The molecule has 2 aliphatic heterocycles. The summed E-state index contributed by atoms with van der Waals surface area (Å²) in [6, 6.07) is 7.10. The summed E-state index contributed by atoms with van der Waals surface area (Å²) in [5.74, 6) is 0.707. The van der Waals surface area contributed by atoms with Crippen molar-refractivity contribution in [2.24, 2.45) is 0 Å². The maximum Gasteiger partial charge on any atom is 0.319 e. The number of aromatic nitrogens is 3. The fourth-order valence-corrected chi connectivity index (χ4v) is 8.92. The van der Waals surface area contributed by atoms with Gasteiger partial charge in [0.15, 0.2) is 0 Å². The first-order chi connectivity index (χ1) is 20.7. The summed E-state index contributed by atoms with van der Waals surface area (Å²) in [5.41, 5.74) is 9.06. The Morgan fingerprint density at radius 2 is 2.02 bits per heavy atom. The summed E-state index contributed by atoms with van der Waals surface area (Å²) in [6.07, 6.45) is 6.43. The zero-order chi connectivity index (χ0) is 30.3. The van der Waals surface area contributed by atoms with Gasteiger partial charge in [0.25, 0.3) is 0 Å². The Labute approximate surface area is 261 Å². The van der Waals surface area contributed by atoms with Crippen molar-refractivity contribution in [3.05, 3.63) is 45.7 Å². The Morgan fingerprint density at radius 3 is 2.72 bits per heavy atom. The van der Waals surface area contributed by atoms with Crippen LogP contribution in [0.15, 0.2) is 24.8 Å². The highest BCUT2D eigenvalue weighted by molar-refractivity contribution is 7.16. The Hall–Kier alpha value is -3.53. The predicted molar refractivity (Wildman–Crippen MR) is 171 cm³/mol. The molecule has 0 saturated carbocycles. The molecule has 1 amide bonds. The molecule has 3 atom stereocenters. The van der Waals surface area contributed by atoms with Gasteiger partial charge in [-0.1, -0.05) is 13.5 Å². The minimum absolute atomic E-state index is 0.0529. The number of nitrogen functional groups attached to an aromatic ring is 1. The third kappa shape index (κ3) is 5.50. The van der Waals surface area contributed by atoms with E-state index in [-0.39, 0.29) is 17.4 Å². The SMILES string of the molecule is C=CC(=O)N1CCN(c2cc(-c3cc([C@@]4(C)CCCc5sc(N)c(C#N)c54)sn3)nc(O[C@@H](C)[C@@H]3CCCN3C)n2)CC1. The molecule has 10 nitrogen and oxygen atoms in total. The fourth-order valence-electron chi connectivity index (χ4n) is 6.82. The number of hydrogen-bond donors (Lipinski definition) is 1. The maximum atomic E-state index is 12.2. The molecule has 12 heteroatoms. The Balaban J connectivity index is 1.34. The van der Waals surface area contributed by atoms with E-state index in [9.17, 15) is 10.1 Å². The van der Waals surface area contributed by atoms with Crippen LogP contribution in [-0.4, -0.2) is 82.0 Å². The zero-order valence-electron chi connectivity index (χ0n) is 25.0. The minimum Gasteiger partial charge on any atom is -0.459 e. The third-order valence-electron chi connectivity index (χ3n) is 9.26. The van der Waals surface area contributed by atoms with E-state index in [2.05, 4.69) is 49.4 Å². The van der Waals surface area contributed by atoms with Gasteiger partial charge < -0.3 is 20.3 Å². The summed E-state index contributed by atoms with van der Waals surface area (Å²) in [4.78, 5) is 30.5. The number of likely N-dealkylation sites (tertiary alicyclic amines) is 1. The Kier molecular flexibility index (Phi) is 8.15. The summed E-state index contributed by atoms with van der Waals surface area (Å²) < 4.78 is 11.3. The van der Waals surface area contributed by atoms with Gasteiger partial charge in [0, 0.05) is 53.5 Å². The summed E-state index contributed by atoms with van der Waals surface area (Å²) in [7, 11) is 2.14. The second kappa shape index (κ2) is 11.9. The number of hydrogen-bond acceptors (Lipinski definition) is 11. The molecule has 2 saturated heterocycles. The number of likely N-dealkylation sites (N-methyl/N-ethyl adjacent to an activating group) is 1. The lowest BCUT2D eigenvalue weighted by molar-refractivity contribution is -0.126. The molecule has 3 aromatic heterocycles. The van der Waals surface area contributed by atoms with Gasteiger partial charge in [-0.3, -0.25) is 9.69 Å². The van der Waals surface area contributed by atoms with Crippen LogP contribution >= 0.6 is 22.9 Å². The first-order valence-electron chi connectivity index (χ1n) is 14.9. The van der Waals surface area contributed by atoms with Gasteiger partial charge in [0.1, 0.15) is 28.7 Å². The van der Waals surface area contributed by atoms with Crippen LogP contribution in [0.3, 0.4) is 0 Å². The van der Waals surface area contributed by atoms with Crippen molar-refractivity contribution in [2.75, 3.05) is 50.4 Å². The lowest BCUT2D eigenvalue weighted by Gasteiger charge is -2.35. The monoisotopic (exact) mass is 618 g/mol. The molecule has 6 rings (SSSR count). The summed E-state index contributed by atoms with van der Waals surface area (Å²) in [6.45, 7) is 11.5. The van der Waals surface area contributed by atoms with Crippen LogP contribution in [0.5, 0.6) is 6.01 Å². The Bertz CT molecular complexity index is 1570. The lowest BCUT2D eigenvalue weighted by Crippen LogP contribution is -2.48. The number of carbonyl (C=O) groups is 1. The van der Waals surface area contributed by atoms with E-state index in [1.165, 1.54) is 22.5 Å². The smallest absolute Gasteiger partial charge is 0.319 e. The molecule has 5 heterocycles. The highest BCUT2D eigenvalue weighted by Gasteiger charge is 2.40. The van der Waals surface area contributed by atoms with Crippen molar-refractivity contribution in [3.8, 4) is 23.5 Å². The van der Waals surface area contributed by atoms with Crippen LogP contribution in [-0.2, 0) is 16.6 Å². The quantitative estimate of drug-likeness (QED) is 0.382. The van der Waals surface area contributed by atoms with E-state index in [1.54, 1.807) is 16.2 Å². The average Bonchev–Trinajstić information content (AvgIpc) is 3.75. The first kappa shape index (κ1) is 29.5. The normalized spacial score (nSPS) is 23.1. The molecule has 0 radical (unpaired) electrons. The van der Waals surface area contributed by atoms with Crippen molar-refractivity contribution in [1.29, 1.82) is 5.26 Å². The predicted octanol–water partition coefficient (Wildman–Crippen LogP) is 4.45. The van der Waals surface area contributed by atoms with Crippen molar-refractivity contribution in [1.82, 2.24) is 24.1 Å². The highest BCUT2D eigenvalue weighted by Crippen LogP contribution is 2.50. The molecule has 226 valence electrons. The second-order valence-electron chi connectivity index (χ2n) is 11.9. The topological polar surface area (TPSA) is 125 Å². The van der Waals surface area contributed by atoms with Crippen molar-refractivity contribution in [2.45, 2.75) is 63.5 Å². The molecule has 0 unspecified atom stereocenters. The number of piperazine rings is 1. The largest absolute Gasteiger partial charge is 0.459 e. The molecule has 1 aliphatic carbocycles. The van der Waals surface area contributed by atoms with E-state index in [4.69, 9.17) is 24.8 Å². The maximum absolute atomic E-state index is 12.2. The van der Waals surface area contributed by atoms with Gasteiger partial charge in [0.2, 0.25) is 5.91 Å². The lowest BCUT2D eigenvalue weighted by atomic mass is 9.71. The van der Waals surface area contributed by atoms with Crippen LogP contribution in [0.1, 0.15) is 60.4 Å². The molecular formula is C31H38N8O2S2. The minimum atomic E-state index is -0.340. The van der Waals surface area contributed by atoms with E-state index in [1.807, 2.05) is 6.07 Å². The fraction of sp³-hybridized carbons (Fsp3) is 0.516. The summed E-state index contributed by atoms with van der Waals surface area (Å²) in [5, 5.41) is 10.5.